The predicted octanol–water partition coefficient (Wildman–Crippen LogP) is 3.10. The van der Waals surface area contributed by atoms with E-state index in [1.54, 1.807) is 6.33 Å². The highest BCUT2D eigenvalue weighted by atomic mass is 35.5. The molecule has 0 bridgehead atoms. The molecule has 0 radical (unpaired) electrons. The minimum atomic E-state index is 0.153. The highest BCUT2D eigenvalue weighted by Gasteiger charge is 2.07. The zero-order chi connectivity index (χ0) is 12.0. The van der Waals surface area contributed by atoms with Crippen LogP contribution in [0.5, 0.6) is 0 Å². The van der Waals surface area contributed by atoms with Gasteiger partial charge in [-0.05, 0) is 18.8 Å². The van der Waals surface area contributed by atoms with Crippen molar-refractivity contribution in [2.45, 2.75) is 39.0 Å². The summed E-state index contributed by atoms with van der Waals surface area (Å²) in [7, 11) is 0. The summed E-state index contributed by atoms with van der Waals surface area (Å²) in [6.07, 6.45) is 3.53. The van der Waals surface area contributed by atoms with Crippen LogP contribution < -0.4 is 5.32 Å². The van der Waals surface area contributed by atoms with Crippen molar-refractivity contribution < 1.29 is 0 Å². The molecule has 1 N–H and O–H groups in total. The van der Waals surface area contributed by atoms with Gasteiger partial charge in [0, 0.05) is 18.3 Å². The number of aromatic nitrogens is 2. The van der Waals surface area contributed by atoms with Gasteiger partial charge in [-0.15, -0.1) is 11.6 Å². The van der Waals surface area contributed by atoms with Gasteiger partial charge >= 0.3 is 0 Å². The number of nitrogens with zero attached hydrogens (tertiary/aromatic N) is 2. The second-order valence-electron chi connectivity index (χ2n) is 4.36. The Morgan fingerprint density at radius 2 is 2.12 bits per heavy atom. The molecular weight excluding hydrogens is 222 g/mol. The summed E-state index contributed by atoms with van der Waals surface area (Å²) < 4.78 is 0. The Labute approximate surface area is 103 Å². The van der Waals surface area contributed by atoms with E-state index in [-0.39, 0.29) is 5.38 Å². The number of aryl methyl sites for hydroxylation is 1. The first-order valence-electron chi connectivity index (χ1n) is 5.80. The molecule has 0 aliphatic carbocycles. The zero-order valence-electron chi connectivity index (χ0n) is 10.2. The Morgan fingerprint density at radius 1 is 1.38 bits per heavy atom. The van der Waals surface area contributed by atoms with Gasteiger partial charge in [0.1, 0.15) is 12.1 Å². The Balaban J connectivity index is 2.41. The van der Waals surface area contributed by atoms with Crippen LogP contribution in [0, 0.1) is 5.92 Å². The molecule has 0 aliphatic rings. The summed E-state index contributed by atoms with van der Waals surface area (Å²) in [6, 6.07) is 1.97. The van der Waals surface area contributed by atoms with Crippen molar-refractivity contribution in [3.63, 3.8) is 0 Å². The lowest BCUT2D eigenvalue weighted by molar-refractivity contribution is 0.572. The smallest absolute Gasteiger partial charge is 0.129 e. The van der Waals surface area contributed by atoms with Gasteiger partial charge in [-0.25, -0.2) is 9.97 Å². The lowest BCUT2D eigenvalue weighted by Crippen LogP contribution is -2.17. The van der Waals surface area contributed by atoms with Gasteiger partial charge in [0.15, 0.2) is 0 Å². The molecule has 1 aromatic rings. The molecule has 0 saturated carbocycles. The molecule has 0 saturated heterocycles. The van der Waals surface area contributed by atoms with Crippen LogP contribution in [0.25, 0.3) is 0 Å². The van der Waals surface area contributed by atoms with Crippen molar-refractivity contribution in [3.05, 3.63) is 18.1 Å². The summed E-state index contributed by atoms with van der Waals surface area (Å²) >= 11 is 6.19. The first-order chi connectivity index (χ1) is 7.61. The molecule has 1 rings (SSSR count). The first-order valence-corrected chi connectivity index (χ1v) is 6.24. The number of anilines is 1. The second-order valence-corrected chi connectivity index (χ2v) is 4.97. The maximum Gasteiger partial charge on any atom is 0.129 e. The van der Waals surface area contributed by atoms with Gasteiger partial charge in [0.2, 0.25) is 0 Å². The van der Waals surface area contributed by atoms with Crippen LogP contribution in [0.1, 0.15) is 32.9 Å². The minimum absolute atomic E-state index is 0.153. The highest BCUT2D eigenvalue weighted by Crippen LogP contribution is 2.12. The van der Waals surface area contributed by atoms with Crippen LogP contribution in [0.2, 0.25) is 0 Å². The van der Waals surface area contributed by atoms with E-state index in [1.165, 1.54) is 0 Å². The van der Waals surface area contributed by atoms with E-state index in [0.717, 1.165) is 30.9 Å². The van der Waals surface area contributed by atoms with Gasteiger partial charge < -0.3 is 5.32 Å². The van der Waals surface area contributed by atoms with Crippen LogP contribution in [-0.2, 0) is 6.42 Å². The Bertz CT molecular complexity index is 315. The molecule has 0 fully saturated rings. The number of nitrogens with one attached hydrogen (secondary N) is 1. The van der Waals surface area contributed by atoms with Crippen molar-refractivity contribution in [1.29, 1.82) is 0 Å². The molecule has 0 aromatic carbocycles. The van der Waals surface area contributed by atoms with Crippen molar-refractivity contribution in [3.8, 4) is 0 Å². The molecular formula is C12H20ClN3. The average Bonchev–Trinajstić information content (AvgIpc) is 2.26. The van der Waals surface area contributed by atoms with Gasteiger partial charge in [-0.3, -0.25) is 0 Å². The molecule has 1 unspecified atom stereocenters. The molecule has 4 heteroatoms. The molecule has 3 nitrogen and oxygen atoms in total. The summed E-state index contributed by atoms with van der Waals surface area (Å²) in [5.74, 6) is 1.49. The molecule has 1 atom stereocenters. The van der Waals surface area contributed by atoms with Crippen LogP contribution in [0.15, 0.2) is 12.4 Å². The molecule has 1 heterocycles. The summed E-state index contributed by atoms with van der Waals surface area (Å²) in [6.45, 7) is 7.18. The van der Waals surface area contributed by atoms with E-state index in [4.69, 9.17) is 11.6 Å². The van der Waals surface area contributed by atoms with Crippen LogP contribution in [0.3, 0.4) is 0 Å². The largest absolute Gasteiger partial charge is 0.368 e. The quantitative estimate of drug-likeness (QED) is 0.778. The summed E-state index contributed by atoms with van der Waals surface area (Å²) in [4.78, 5) is 8.31. The fourth-order valence-corrected chi connectivity index (χ4v) is 1.93. The predicted molar refractivity (Wildman–Crippen MR) is 69.0 cm³/mol. The SMILES string of the molecule is CCc1cc(NCC(Cl)CC(C)C)ncn1. The molecule has 90 valence electrons. The third-order valence-electron chi connectivity index (χ3n) is 2.32. The summed E-state index contributed by atoms with van der Waals surface area (Å²) in [5, 5.41) is 3.39. The maximum absolute atomic E-state index is 6.19. The van der Waals surface area contributed by atoms with Crippen molar-refractivity contribution >= 4 is 17.4 Å². The number of hydrogen-bond acceptors (Lipinski definition) is 3. The Hall–Kier alpha value is -0.830. The van der Waals surface area contributed by atoms with E-state index in [1.807, 2.05) is 6.07 Å². The normalized spacial score (nSPS) is 12.8. The van der Waals surface area contributed by atoms with E-state index < -0.39 is 0 Å². The Morgan fingerprint density at radius 3 is 2.75 bits per heavy atom. The van der Waals surface area contributed by atoms with E-state index in [0.29, 0.717) is 5.92 Å². The monoisotopic (exact) mass is 241 g/mol. The fourth-order valence-electron chi connectivity index (χ4n) is 1.50. The van der Waals surface area contributed by atoms with Crippen LogP contribution in [-0.4, -0.2) is 21.9 Å². The maximum atomic E-state index is 6.19. The Kier molecular flexibility index (Phi) is 5.53. The van der Waals surface area contributed by atoms with E-state index in [9.17, 15) is 0 Å². The highest BCUT2D eigenvalue weighted by molar-refractivity contribution is 6.20. The number of rotatable bonds is 6. The van der Waals surface area contributed by atoms with Crippen LogP contribution in [0.4, 0.5) is 5.82 Å². The van der Waals surface area contributed by atoms with E-state index >= 15 is 0 Å². The third-order valence-corrected chi connectivity index (χ3v) is 2.65. The van der Waals surface area contributed by atoms with Crippen LogP contribution >= 0.6 is 11.6 Å². The van der Waals surface area contributed by atoms with Gasteiger partial charge in [-0.1, -0.05) is 20.8 Å². The molecule has 16 heavy (non-hydrogen) atoms. The standard InChI is InChI=1S/C12H20ClN3/c1-4-11-6-12(16-8-15-11)14-7-10(13)5-9(2)3/h6,8-10H,4-5,7H2,1-3H3,(H,14,15,16). The summed E-state index contributed by atoms with van der Waals surface area (Å²) in [5.41, 5.74) is 1.05. The average molecular weight is 242 g/mol. The van der Waals surface area contributed by atoms with E-state index in [2.05, 4.69) is 36.1 Å². The lowest BCUT2D eigenvalue weighted by atomic mass is 10.1. The molecule has 1 aromatic heterocycles. The lowest BCUT2D eigenvalue weighted by Gasteiger charge is -2.13. The molecule has 0 amide bonds. The number of hydrogen-bond donors (Lipinski definition) is 1. The third kappa shape index (κ3) is 4.79. The molecule has 0 aliphatic heterocycles. The number of halogens is 1. The van der Waals surface area contributed by atoms with Gasteiger partial charge in [0.05, 0.1) is 5.38 Å². The zero-order valence-corrected chi connectivity index (χ0v) is 11.0. The first kappa shape index (κ1) is 13.2. The van der Waals surface area contributed by atoms with Crippen molar-refractivity contribution in [2.75, 3.05) is 11.9 Å². The van der Waals surface area contributed by atoms with Gasteiger partial charge in [-0.2, -0.15) is 0 Å². The van der Waals surface area contributed by atoms with Crippen molar-refractivity contribution in [1.82, 2.24) is 9.97 Å². The van der Waals surface area contributed by atoms with Gasteiger partial charge in [0.25, 0.3) is 0 Å². The minimum Gasteiger partial charge on any atom is -0.368 e. The topological polar surface area (TPSA) is 37.8 Å². The molecule has 0 spiro atoms. The fraction of sp³-hybridized carbons (Fsp3) is 0.667. The second kappa shape index (κ2) is 6.69. The number of alkyl halides is 1. The van der Waals surface area contributed by atoms with Crippen molar-refractivity contribution in [2.24, 2.45) is 5.92 Å².